The van der Waals surface area contributed by atoms with Crippen LogP contribution in [0.2, 0.25) is 0 Å². The van der Waals surface area contributed by atoms with E-state index in [9.17, 15) is 15.0 Å². The van der Waals surface area contributed by atoms with Crippen LogP contribution >= 0.6 is 0 Å². The second-order valence-corrected chi connectivity index (χ2v) is 4.36. The van der Waals surface area contributed by atoms with E-state index in [1.165, 1.54) is 12.1 Å². The first-order valence-corrected chi connectivity index (χ1v) is 5.17. The lowest BCUT2D eigenvalue weighted by Gasteiger charge is -2.24. The number of hydrogen-bond acceptors (Lipinski definition) is 4. The Labute approximate surface area is 93.5 Å². The molecular formula is C12H14O4. The van der Waals surface area contributed by atoms with E-state index in [0.29, 0.717) is 24.0 Å². The first-order valence-electron chi connectivity index (χ1n) is 5.17. The molecule has 2 rings (SSSR count). The summed E-state index contributed by atoms with van der Waals surface area (Å²) in [6.45, 7) is 3.43. The van der Waals surface area contributed by atoms with Crippen LogP contribution in [-0.4, -0.2) is 16.2 Å². The molecular weight excluding hydrogens is 208 g/mol. The smallest absolute Gasteiger partial charge is 0.306 e. The van der Waals surface area contributed by atoms with Gasteiger partial charge in [0.1, 0.15) is 17.1 Å². The fourth-order valence-electron chi connectivity index (χ4n) is 1.99. The average molecular weight is 222 g/mol. The number of rotatable bonds is 1. The van der Waals surface area contributed by atoms with Crippen LogP contribution in [0.3, 0.4) is 0 Å². The van der Waals surface area contributed by atoms with Gasteiger partial charge in [0.2, 0.25) is 0 Å². The maximum Gasteiger partial charge on any atom is 0.306 e. The van der Waals surface area contributed by atoms with Gasteiger partial charge in [0, 0.05) is 18.4 Å². The van der Waals surface area contributed by atoms with Crippen LogP contribution in [0.4, 0.5) is 0 Å². The second kappa shape index (κ2) is 3.40. The van der Waals surface area contributed by atoms with E-state index in [-0.39, 0.29) is 17.5 Å². The Morgan fingerprint density at radius 1 is 1.31 bits per heavy atom. The highest BCUT2D eigenvalue weighted by Crippen LogP contribution is 2.42. The van der Waals surface area contributed by atoms with Crippen molar-refractivity contribution in [3.63, 3.8) is 0 Å². The number of aryl methyl sites for hydroxylation is 1. The molecule has 1 aromatic rings. The van der Waals surface area contributed by atoms with Gasteiger partial charge in [-0.15, -0.1) is 0 Å². The molecule has 0 spiro atoms. The molecule has 1 saturated heterocycles. The van der Waals surface area contributed by atoms with Crippen molar-refractivity contribution in [2.75, 3.05) is 0 Å². The van der Waals surface area contributed by atoms with E-state index in [4.69, 9.17) is 4.74 Å². The molecule has 1 aliphatic rings. The minimum Gasteiger partial charge on any atom is -0.508 e. The molecule has 0 unspecified atom stereocenters. The van der Waals surface area contributed by atoms with Crippen LogP contribution in [-0.2, 0) is 15.1 Å². The standard InChI is InChI=1S/C12H14O4/c1-7-5-10(14)8(6-9(7)13)12(2)4-3-11(15)16-12/h5-6,13-14H,3-4H2,1-2H3/t12-/m1/s1. The van der Waals surface area contributed by atoms with E-state index in [1.807, 2.05) is 0 Å². The van der Waals surface area contributed by atoms with Crippen LogP contribution in [0.25, 0.3) is 0 Å². The third kappa shape index (κ3) is 1.60. The normalized spacial score (nSPS) is 24.5. The molecule has 0 aliphatic carbocycles. The van der Waals surface area contributed by atoms with Crippen LogP contribution < -0.4 is 0 Å². The Kier molecular flexibility index (Phi) is 2.30. The molecule has 1 atom stereocenters. The number of ether oxygens (including phenoxy) is 1. The predicted octanol–water partition coefficient (Wildman–Crippen LogP) is 1.96. The summed E-state index contributed by atoms with van der Waals surface area (Å²) >= 11 is 0. The van der Waals surface area contributed by atoms with Crippen molar-refractivity contribution in [1.82, 2.24) is 0 Å². The van der Waals surface area contributed by atoms with Gasteiger partial charge in [-0.05, 0) is 31.5 Å². The Bertz CT molecular complexity index is 453. The molecule has 0 amide bonds. The van der Waals surface area contributed by atoms with Crippen molar-refractivity contribution in [2.24, 2.45) is 0 Å². The average Bonchev–Trinajstić information content (AvgIpc) is 2.53. The monoisotopic (exact) mass is 222 g/mol. The second-order valence-electron chi connectivity index (χ2n) is 4.36. The Morgan fingerprint density at radius 2 is 2.00 bits per heavy atom. The number of benzene rings is 1. The molecule has 86 valence electrons. The van der Waals surface area contributed by atoms with Crippen molar-refractivity contribution in [1.29, 1.82) is 0 Å². The van der Waals surface area contributed by atoms with E-state index < -0.39 is 5.60 Å². The van der Waals surface area contributed by atoms with Crippen LogP contribution in [0.1, 0.15) is 30.9 Å². The Morgan fingerprint density at radius 3 is 2.56 bits per heavy atom. The summed E-state index contributed by atoms with van der Waals surface area (Å²) in [5.74, 6) is -0.133. The lowest BCUT2D eigenvalue weighted by atomic mass is 9.91. The van der Waals surface area contributed by atoms with E-state index >= 15 is 0 Å². The number of carbonyl (C=O) groups is 1. The Balaban J connectivity index is 2.48. The van der Waals surface area contributed by atoms with Crippen molar-refractivity contribution >= 4 is 5.97 Å². The van der Waals surface area contributed by atoms with Crippen molar-refractivity contribution < 1.29 is 19.7 Å². The molecule has 4 heteroatoms. The Hall–Kier alpha value is -1.71. The zero-order chi connectivity index (χ0) is 11.9. The SMILES string of the molecule is Cc1cc(O)c([C@@]2(C)CCC(=O)O2)cc1O. The first-order chi connectivity index (χ1) is 7.42. The van der Waals surface area contributed by atoms with Gasteiger partial charge in [-0.3, -0.25) is 4.79 Å². The summed E-state index contributed by atoms with van der Waals surface area (Å²) < 4.78 is 5.20. The van der Waals surface area contributed by atoms with Gasteiger partial charge in [-0.25, -0.2) is 0 Å². The molecule has 1 heterocycles. The molecule has 0 saturated carbocycles. The molecule has 0 radical (unpaired) electrons. The highest BCUT2D eigenvalue weighted by Gasteiger charge is 2.39. The van der Waals surface area contributed by atoms with Crippen molar-refractivity contribution in [2.45, 2.75) is 32.3 Å². The summed E-state index contributed by atoms with van der Waals surface area (Å²) in [6, 6.07) is 2.94. The number of aromatic hydroxyl groups is 2. The number of cyclic esters (lactones) is 1. The molecule has 0 aromatic heterocycles. The number of carbonyl (C=O) groups excluding carboxylic acids is 1. The van der Waals surface area contributed by atoms with Gasteiger partial charge in [0.05, 0.1) is 0 Å². The highest BCUT2D eigenvalue weighted by molar-refractivity contribution is 5.73. The van der Waals surface area contributed by atoms with Crippen LogP contribution in [0.5, 0.6) is 11.5 Å². The fourth-order valence-corrected chi connectivity index (χ4v) is 1.99. The van der Waals surface area contributed by atoms with Crippen molar-refractivity contribution in [3.05, 3.63) is 23.3 Å². The summed E-state index contributed by atoms with van der Waals surface area (Å²) in [7, 11) is 0. The molecule has 1 fully saturated rings. The number of hydrogen-bond donors (Lipinski definition) is 2. The van der Waals surface area contributed by atoms with Gasteiger partial charge >= 0.3 is 5.97 Å². The van der Waals surface area contributed by atoms with E-state index in [2.05, 4.69) is 0 Å². The fraction of sp³-hybridized carbons (Fsp3) is 0.417. The molecule has 16 heavy (non-hydrogen) atoms. The van der Waals surface area contributed by atoms with Crippen molar-refractivity contribution in [3.8, 4) is 11.5 Å². The van der Waals surface area contributed by atoms with Gasteiger partial charge in [-0.1, -0.05) is 0 Å². The zero-order valence-electron chi connectivity index (χ0n) is 9.28. The zero-order valence-corrected chi connectivity index (χ0v) is 9.28. The molecule has 1 aromatic carbocycles. The number of phenols is 2. The molecule has 4 nitrogen and oxygen atoms in total. The van der Waals surface area contributed by atoms with E-state index in [1.54, 1.807) is 13.8 Å². The predicted molar refractivity (Wildman–Crippen MR) is 57.2 cm³/mol. The maximum atomic E-state index is 11.1. The van der Waals surface area contributed by atoms with Crippen LogP contribution in [0, 0.1) is 6.92 Å². The largest absolute Gasteiger partial charge is 0.508 e. The highest BCUT2D eigenvalue weighted by atomic mass is 16.6. The topological polar surface area (TPSA) is 66.8 Å². The first kappa shape index (κ1) is 10.8. The third-order valence-corrected chi connectivity index (χ3v) is 3.03. The number of phenolic OH excluding ortho intramolecular Hbond substituents is 2. The van der Waals surface area contributed by atoms with Crippen LogP contribution in [0.15, 0.2) is 12.1 Å². The van der Waals surface area contributed by atoms with Gasteiger partial charge in [-0.2, -0.15) is 0 Å². The van der Waals surface area contributed by atoms with Gasteiger partial charge < -0.3 is 14.9 Å². The maximum absolute atomic E-state index is 11.1. The molecule has 2 N–H and O–H groups in total. The quantitative estimate of drug-likeness (QED) is 0.563. The third-order valence-electron chi connectivity index (χ3n) is 3.03. The van der Waals surface area contributed by atoms with E-state index in [0.717, 1.165) is 0 Å². The summed E-state index contributed by atoms with van der Waals surface area (Å²) in [5.41, 5.74) is 0.224. The summed E-state index contributed by atoms with van der Waals surface area (Å²) in [6.07, 6.45) is 0.854. The molecule has 1 aliphatic heterocycles. The molecule has 0 bridgehead atoms. The van der Waals surface area contributed by atoms with Gasteiger partial charge in [0.15, 0.2) is 0 Å². The summed E-state index contributed by atoms with van der Waals surface area (Å²) in [4.78, 5) is 11.1. The minimum atomic E-state index is -0.827. The lowest BCUT2D eigenvalue weighted by Crippen LogP contribution is -2.21. The summed E-state index contributed by atoms with van der Waals surface area (Å²) in [5, 5.41) is 19.4. The number of esters is 1. The van der Waals surface area contributed by atoms with Gasteiger partial charge in [0.25, 0.3) is 0 Å². The minimum absolute atomic E-state index is 0.0486. The lowest BCUT2D eigenvalue weighted by molar-refractivity contribution is -0.147.